The fourth-order valence-electron chi connectivity index (χ4n) is 5.72. The summed E-state index contributed by atoms with van der Waals surface area (Å²) in [4.78, 5) is 9.90. The van der Waals surface area contributed by atoms with E-state index >= 15 is 0 Å². The zero-order valence-corrected chi connectivity index (χ0v) is 22.9. The number of pyridine rings is 1. The Bertz CT molecular complexity index is 1300. The second-order valence-electron chi connectivity index (χ2n) is 11.2. The van der Waals surface area contributed by atoms with Gasteiger partial charge >= 0.3 is 0 Å². The summed E-state index contributed by atoms with van der Waals surface area (Å²) >= 11 is 0. The van der Waals surface area contributed by atoms with Crippen LogP contribution in [-0.2, 0) is 10.2 Å². The maximum atomic E-state index is 6.05. The van der Waals surface area contributed by atoms with Gasteiger partial charge in [0.15, 0.2) is 0 Å². The molecule has 6 nitrogen and oxygen atoms in total. The summed E-state index contributed by atoms with van der Waals surface area (Å²) in [6.07, 6.45) is 0.258. The molecule has 5 rings (SSSR count). The van der Waals surface area contributed by atoms with Crippen LogP contribution in [0.3, 0.4) is 0 Å². The number of hydrogen-bond acceptors (Lipinski definition) is 6. The number of anilines is 3. The summed E-state index contributed by atoms with van der Waals surface area (Å²) in [5, 5.41) is 1.05. The lowest BCUT2D eigenvalue weighted by atomic mass is 9.87. The molecule has 0 spiro atoms. The lowest BCUT2D eigenvalue weighted by Crippen LogP contribution is -2.44. The van der Waals surface area contributed by atoms with Gasteiger partial charge in [-0.2, -0.15) is 0 Å². The first-order valence-electron chi connectivity index (χ1n) is 13.0. The van der Waals surface area contributed by atoms with Crippen molar-refractivity contribution in [2.24, 2.45) is 5.92 Å². The Morgan fingerprint density at radius 1 is 1.08 bits per heavy atom. The predicted octanol–water partition coefficient (Wildman–Crippen LogP) is 6.16. The first-order chi connectivity index (χ1) is 17.1. The Labute approximate surface area is 215 Å². The van der Waals surface area contributed by atoms with E-state index in [0.29, 0.717) is 5.92 Å². The minimum Gasteiger partial charge on any atom is -0.497 e. The van der Waals surface area contributed by atoms with Crippen molar-refractivity contribution in [1.82, 2.24) is 4.98 Å². The van der Waals surface area contributed by atoms with Gasteiger partial charge in [0.25, 0.3) is 0 Å². The van der Waals surface area contributed by atoms with Crippen molar-refractivity contribution in [1.29, 1.82) is 0 Å². The topological polar surface area (TPSA) is 47.1 Å². The van der Waals surface area contributed by atoms with E-state index in [-0.39, 0.29) is 11.5 Å². The molecule has 36 heavy (non-hydrogen) atoms. The van der Waals surface area contributed by atoms with E-state index in [1.807, 2.05) is 6.07 Å². The van der Waals surface area contributed by atoms with Gasteiger partial charge in [0.05, 0.1) is 32.6 Å². The molecule has 2 aliphatic rings. The van der Waals surface area contributed by atoms with Gasteiger partial charge in [-0.15, -0.1) is 0 Å². The van der Waals surface area contributed by atoms with Crippen LogP contribution in [0.15, 0.2) is 30.3 Å². The number of aromatic nitrogens is 1. The van der Waals surface area contributed by atoms with E-state index in [1.165, 1.54) is 28.2 Å². The summed E-state index contributed by atoms with van der Waals surface area (Å²) < 4.78 is 17.4. The Morgan fingerprint density at radius 2 is 1.86 bits per heavy atom. The molecule has 2 aliphatic heterocycles. The van der Waals surface area contributed by atoms with E-state index in [2.05, 4.69) is 75.6 Å². The molecule has 0 saturated carbocycles. The molecule has 1 fully saturated rings. The molecule has 0 amide bonds. The Balaban J connectivity index is 1.68. The van der Waals surface area contributed by atoms with Crippen molar-refractivity contribution >= 4 is 28.0 Å². The lowest BCUT2D eigenvalue weighted by molar-refractivity contribution is 0.0114. The van der Waals surface area contributed by atoms with Gasteiger partial charge in [-0.3, -0.25) is 0 Å². The standard InChI is InChI=1S/C30H39N3O3/c1-18(2)27-16-32(11-12-36-27)21-9-10-24-25(13-21)33(17-30(24,5)6)29-19(3)20(4)31-28-23(29)14-22(34-7)15-26(28)35-8/h9-10,13-15,18,27H,11-12,16-17H2,1-8H3. The van der Waals surface area contributed by atoms with Crippen LogP contribution in [0.4, 0.5) is 17.1 Å². The highest BCUT2D eigenvalue weighted by Gasteiger charge is 2.38. The van der Waals surface area contributed by atoms with Crippen LogP contribution in [0.2, 0.25) is 0 Å². The highest BCUT2D eigenvalue weighted by atomic mass is 16.5. The van der Waals surface area contributed by atoms with Crippen molar-refractivity contribution in [2.45, 2.75) is 53.1 Å². The van der Waals surface area contributed by atoms with E-state index < -0.39 is 0 Å². The van der Waals surface area contributed by atoms with Crippen LogP contribution in [0.25, 0.3) is 10.9 Å². The monoisotopic (exact) mass is 489 g/mol. The number of ether oxygens (including phenoxy) is 3. The second kappa shape index (κ2) is 9.15. The van der Waals surface area contributed by atoms with Crippen LogP contribution >= 0.6 is 0 Å². The molecule has 3 heterocycles. The highest BCUT2D eigenvalue weighted by molar-refractivity contribution is 6.01. The zero-order chi connectivity index (χ0) is 25.8. The Hall–Kier alpha value is -2.99. The molecular weight excluding hydrogens is 450 g/mol. The number of rotatable bonds is 5. The van der Waals surface area contributed by atoms with Crippen LogP contribution in [0.5, 0.6) is 11.5 Å². The smallest absolute Gasteiger partial charge is 0.148 e. The third kappa shape index (κ3) is 4.05. The molecule has 2 aromatic carbocycles. The average molecular weight is 490 g/mol. The number of hydrogen-bond donors (Lipinski definition) is 0. The maximum absolute atomic E-state index is 6.05. The molecule has 1 aromatic heterocycles. The summed E-state index contributed by atoms with van der Waals surface area (Å²) in [6.45, 7) is 16.9. The van der Waals surface area contributed by atoms with Gasteiger partial charge in [-0.1, -0.05) is 33.8 Å². The molecular formula is C30H39N3O3. The molecule has 1 saturated heterocycles. The maximum Gasteiger partial charge on any atom is 0.148 e. The fraction of sp³-hybridized carbons (Fsp3) is 0.500. The minimum atomic E-state index is 0.0121. The molecule has 0 N–H and O–H groups in total. The van der Waals surface area contributed by atoms with Gasteiger partial charge in [-0.05, 0) is 49.1 Å². The summed E-state index contributed by atoms with van der Waals surface area (Å²) in [5.41, 5.74) is 8.15. The van der Waals surface area contributed by atoms with E-state index in [4.69, 9.17) is 19.2 Å². The largest absolute Gasteiger partial charge is 0.497 e. The molecule has 0 aliphatic carbocycles. The van der Waals surface area contributed by atoms with Gasteiger partial charge in [0, 0.05) is 53.6 Å². The molecule has 3 aromatic rings. The van der Waals surface area contributed by atoms with Gasteiger partial charge in [0.2, 0.25) is 0 Å². The SMILES string of the molecule is COc1cc(OC)c2nc(C)c(C)c(N3CC(C)(C)c4ccc(N5CCOC(C(C)C)C5)cc43)c2c1. The Morgan fingerprint density at radius 3 is 2.56 bits per heavy atom. The zero-order valence-electron chi connectivity index (χ0n) is 22.9. The second-order valence-corrected chi connectivity index (χ2v) is 11.2. The number of fused-ring (bicyclic) bond motifs is 2. The third-order valence-corrected chi connectivity index (χ3v) is 7.96. The average Bonchev–Trinajstić information content (AvgIpc) is 3.14. The van der Waals surface area contributed by atoms with Crippen LogP contribution in [-0.4, -0.2) is 51.5 Å². The van der Waals surface area contributed by atoms with Crippen molar-refractivity contribution in [3.8, 4) is 11.5 Å². The predicted molar refractivity (Wildman–Crippen MR) is 148 cm³/mol. The normalized spacial score (nSPS) is 19.2. The van der Waals surface area contributed by atoms with Crippen LogP contribution in [0, 0.1) is 19.8 Å². The molecule has 6 heteroatoms. The number of methoxy groups -OCH3 is 2. The summed E-state index contributed by atoms with van der Waals surface area (Å²) in [5.74, 6) is 2.00. The molecule has 192 valence electrons. The van der Waals surface area contributed by atoms with Crippen molar-refractivity contribution < 1.29 is 14.2 Å². The number of benzene rings is 2. The van der Waals surface area contributed by atoms with Crippen molar-refractivity contribution in [3.63, 3.8) is 0 Å². The molecule has 0 bridgehead atoms. The number of morpholine rings is 1. The van der Waals surface area contributed by atoms with Gasteiger partial charge in [-0.25, -0.2) is 4.98 Å². The first-order valence-corrected chi connectivity index (χ1v) is 13.0. The van der Waals surface area contributed by atoms with Crippen molar-refractivity contribution in [2.75, 3.05) is 50.3 Å². The van der Waals surface area contributed by atoms with Crippen LogP contribution < -0.4 is 19.3 Å². The quantitative estimate of drug-likeness (QED) is 0.428. The third-order valence-electron chi connectivity index (χ3n) is 7.96. The Kier molecular flexibility index (Phi) is 6.27. The summed E-state index contributed by atoms with van der Waals surface area (Å²) in [7, 11) is 3.39. The fourth-order valence-corrected chi connectivity index (χ4v) is 5.72. The number of nitrogens with zero attached hydrogens (tertiary/aromatic N) is 3. The molecule has 1 unspecified atom stereocenters. The highest BCUT2D eigenvalue weighted by Crippen LogP contribution is 2.49. The van der Waals surface area contributed by atoms with E-state index in [0.717, 1.165) is 54.3 Å². The van der Waals surface area contributed by atoms with Gasteiger partial charge in [0.1, 0.15) is 17.0 Å². The van der Waals surface area contributed by atoms with Crippen LogP contribution in [0.1, 0.15) is 44.5 Å². The summed E-state index contributed by atoms with van der Waals surface area (Å²) in [6, 6.07) is 11.0. The molecule has 1 atom stereocenters. The van der Waals surface area contributed by atoms with E-state index in [9.17, 15) is 0 Å². The van der Waals surface area contributed by atoms with E-state index in [1.54, 1.807) is 14.2 Å². The number of aryl methyl sites for hydroxylation is 1. The van der Waals surface area contributed by atoms with Gasteiger partial charge < -0.3 is 24.0 Å². The first kappa shape index (κ1) is 24.7. The molecule has 0 radical (unpaired) electrons. The minimum absolute atomic E-state index is 0.0121. The lowest BCUT2D eigenvalue weighted by Gasteiger charge is -2.37. The van der Waals surface area contributed by atoms with Crippen molar-refractivity contribution in [3.05, 3.63) is 47.2 Å².